The third-order valence-electron chi connectivity index (χ3n) is 2.91. The van der Waals surface area contributed by atoms with E-state index in [1.165, 1.54) is 12.3 Å². The van der Waals surface area contributed by atoms with Crippen LogP contribution < -0.4 is 10.5 Å². The van der Waals surface area contributed by atoms with Crippen LogP contribution in [0.25, 0.3) is 11.0 Å². The van der Waals surface area contributed by atoms with Crippen LogP contribution in [0.15, 0.2) is 36.7 Å². The van der Waals surface area contributed by atoms with Gasteiger partial charge in [0, 0.05) is 29.4 Å². The molecule has 0 fully saturated rings. The second-order valence-electron chi connectivity index (χ2n) is 4.26. The molecule has 3 rings (SSSR count). The van der Waals surface area contributed by atoms with Gasteiger partial charge >= 0.3 is 6.09 Å². The number of aliphatic hydroxyl groups excluding tert-OH is 1. The van der Waals surface area contributed by atoms with Crippen LogP contribution in [0.4, 0.5) is 4.79 Å². The Morgan fingerprint density at radius 1 is 1.33 bits per heavy atom. The molecule has 0 saturated heterocycles. The van der Waals surface area contributed by atoms with Crippen LogP contribution in [-0.2, 0) is 0 Å². The standard InChI is InChI=1S/C13H11N5O3/c14-13(20)21-9-4-3-7(6-16-9)11(19)10-8-2-1-5-15-12(8)18-17-10/h1-6,11,19H,(H2,14,20)(H,15,17,18). The minimum absolute atomic E-state index is 0.0620. The number of pyridine rings is 2. The molecule has 4 N–H and O–H groups in total. The molecule has 0 radical (unpaired) electrons. The molecule has 1 amide bonds. The number of hydrogen-bond acceptors (Lipinski definition) is 6. The smallest absolute Gasteiger partial charge is 0.391 e. The van der Waals surface area contributed by atoms with E-state index in [-0.39, 0.29) is 5.88 Å². The molecule has 0 saturated carbocycles. The average molecular weight is 285 g/mol. The van der Waals surface area contributed by atoms with Gasteiger partial charge in [-0.25, -0.2) is 14.8 Å². The number of primary amides is 1. The Balaban J connectivity index is 1.91. The monoisotopic (exact) mass is 285 g/mol. The highest BCUT2D eigenvalue weighted by Crippen LogP contribution is 2.26. The van der Waals surface area contributed by atoms with Crippen molar-refractivity contribution in [1.29, 1.82) is 0 Å². The number of aliphatic hydroxyl groups is 1. The molecule has 0 spiro atoms. The highest BCUT2D eigenvalue weighted by Gasteiger charge is 2.18. The first-order chi connectivity index (χ1) is 10.1. The van der Waals surface area contributed by atoms with E-state index in [4.69, 9.17) is 5.73 Å². The largest absolute Gasteiger partial charge is 0.411 e. The van der Waals surface area contributed by atoms with E-state index in [0.717, 1.165) is 5.39 Å². The number of aromatic nitrogens is 4. The lowest BCUT2D eigenvalue weighted by atomic mass is 10.1. The molecule has 21 heavy (non-hydrogen) atoms. The van der Waals surface area contributed by atoms with Crippen molar-refractivity contribution in [3.8, 4) is 5.88 Å². The Kier molecular flexibility index (Phi) is 3.20. The first-order valence-electron chi connectivity index (χ1n) is 6.05. The van der Waals surface area contributed by atoms with Gasteiger partial charge in [-0.05, 0) is 18.2 Å². The predicted octanol–water partition coefficient (Wildman–Crippen LogP) is 0.892. The molecule has 3 heterocycles. The SMILES string of the molecule is NC(=O)Oc1ccc(C(O)c2n[nH]c3ncccc23)cn1. The number of hydrogen-bond donors (Lipinski definition) is 3. The van der Waals surface area contributed by atoms with Crippen molar-refractivity contribution in [2.24, 2.45) is 5.73 Å². The summed E-state index contributed by atoms with van der Waals surface area (Å²) in [5.74, 6) is 0.0620. The molecule has 3 aromatic heterocycles. The van der Waals surface area contributed by atoms with Gasteiger partial charge in [0.2, 0.25) is 5.88 Å². The lowest BCUT2D eigenvalue weighted by Crippen LogP contribution is -2.17. The third kappa shape index (κ3) is 2.51. The fourth-order valence-electron chi connectivity index (χ4n) is 1.96. The maximum absolute atomic E-state index is 10.6. The summed E-state index contributed by atoms with van der Waals surface area (Å²) in [4.78, 5) is 18.6. The number of ether oxygens (including phenoxy) is 1. The maximum Gasteiger partial charge on any atom is 0.411 e. The van der Waals surface area contributed by atoms with Gasteiger partial charge < -0.3 is 15.6 Å². The number of nitrogens with two attached hydrogens (primary N) is 1. The molecule has 0 aliphatic heterocycles. The molecule has 0 bridgehead atoms. The van der Waals surface area contributed by atoms with Crippen molar-refractivity contribution in [2.75, 3.05) is 0 Å². The van der Waals surface area contributed by atoms with Crippen LogP contribution in [0.3, 0.4) is 0 Å². The van der Waals surface area contributed by atoms with E-state index < -0.39 is 12.2 Å². The van der Waals surface area contributed by atoms with Gasteiger partial charge in [0.05, 0.1) is 0 Å². The zero-order valence-corrected chi connectivity index (χ0v) is 10.7. The Hall–Kier alpha value is -3.00. The summed E-state index contributed by atoms with van der Waals surface area (Å²) < 4.78 is 4.62. The Morgan fingerprint density at radius 2 is 2.19 bits per heavy atom. The normalized spacial score (nSPS) is 12.2. The van der Waals surface area contributed by atoms with Crippen LogP contribution in [-0.4, -0.2) is 31.4 Å². The fourth-order valence-corrected chi connectivity index (χ4v) is 1.96. The Morgan fingerprint density at radius 3 is 2.90 bits per heavy atom. The summed E-state index contributed by atoms with van der Waals surface area (Å²) >= 11 is 0. The van der Waals surface area contributed by atoms with Gasteiger partial charge in [0.15, 0.2) is 5.65 Å². The van der Waals surface area contributed by atoms with Crippen LogP contribution in [0.1, 0.15) is 17.4 Å². The highest BCUT2D eigenvalue weighted by atomic mass is 16.6. The number of nitrogens with one attached hydrogen (secondary N) is 1. The van der Waals surface area contributed by atoms with Crippen molar-refractivity contribution in [3.05, 3.63) is 47.9 Å². The molecule has 0 aliphatic carbocycles. The first kappa shape index (κ1) is 13.0. The predicted molar refractivity (Wildman–Crippen MR) is 72.4 cm³/mol. The quantitative estimate of drug-likeness (QED) is 0.655. The molecule has 1 unspecified atom stereocenters. The summed E-state index contributed by atoms with van der Waals surface area (Å²) in [5, 5.41) is 17.9. The highest BCUT2D eigenvalue weighted by molar-refractivity contribution is 5.78. The molecule has 106 valence electrons. The van der Waals surface area contributed by atoms with Gasteiger partial charge in [-0.2, -0.15) is 5.10 Å². The van der Waals surface area contributed by atoms with Crippen molar-refractivity contribution in [2.45, 2.75) is 6.10 Å². The molecule has 8 heteroatoms. The van der Waals surface area contributed by atoms with Gasteiger partial charge in [-0.3, -0.25) is 5.10 Å². The summed E-state index contributed by atoms with van der Waals surface area (Å²) in [6.07, 6.45) is 1.10. The van der Waals surface area contributed by atoms with E-state index in [0.29, 0.717) is 16.9 Å². The molecular formula is C13H11N5O3. The van der Waals surface area contributed by atoms with E-state index in [2.05, 4.69) is 24.9 Å². The maximum atomic E-state index is 10.6. The Labute approximate surface area is 118 Å². The second-order valence-corrected chi connectivity index (χ2v) is 4.26. The minimum Gasteiger partial charge on any atom is -0.391 e. The van der Waals surface area contributed by atoms with Crippen LogP contribution in [0.2, 0.25) is 0 Å². The molecule has 0 aromatic carbocycles. The van der Waals surface area contributed by atoms with E-state index >= 15 is 0 Å². The number of nitrogens with zero attached hydrogens (tertiary/aromatic N) is 3. The van der Waals surface area contributed by atoms with Crippen molar-refractivity contribution >= 4 is 17.1 Å². The third-order valence-corrected chi connectivity index (χ3v) is 2.91. The van der Waals surface area contributed by atoms with E-state index in [1.807, 2.05) is 6.07 Å². The summed E-state index contributed by atoms with van der Waals surface area (Å²) in [6, 6.07) is 6.59. The molecule has 0 aliphatic rings. The van der Waals surface area contributed by atoms with Gasteiger partial charge in [0.25, 0.3) is 0 Å². The van der Waals surface area contributed by atoms with E-state index in [1.54, 1.807) is 18.3 Å². The number of carbonyl (C=O) groups excluding carboxylic acids is 1. The minimum atomic E-state index is -0.974. The van der Waals surface area contributed by atoms with Gasteiger partial charge in [0.1, 0.15) is 11.8 Å². The number of aromatic amines is 1. The number of amides is 1. The summed E-state index contributed by atoms with van der Waals surface area (Å²) in [5.41, 5.74) is 6.43. The van der Waals surface area contributed by atoms with Crippen LogP contribution >= 0.6 is 0 Å². The summed E-state index contributed by atoms with van der Waals surface area (Å²) in [6.45, 7) is 0. The van der Waals surface area contributed by atoms with Crippen molar-refractivity contribution in [1.82, 2.24) is 20.2 Å². The second kappa shape index (κ2) is 5.17. The lowest BCUT2D eigenvalue weighted by Gasteiger charge is -2.08. The number of H-pyrrole nitrogens is 1. The van der Waals surface area contributed by atoms with Crippen molar-refractivity contribution in [3.63, 3.8) is 0 Å². The van der Waals surface area contributed by atoms with E-state index in [9.17, 15) is 9.90 Å². The average Bonchev–Trinajstić information content (AvgIpc) is 2.90. The topological polar surface area (TPSA) is 127 Å². The molecule has 3 aromatic rings. The lowest BCUT2D eigenvalue weighted by molar-refractivity contribution is 0.208. The molecule has 1 atom stereocenters. The van der Waals surface area contributed by atoms with Crippen LogP contribution in [0.5, 0.6) is 5.88 Å². The van der Waals surface area contributed by atoms with Gasteiger partial charge in [-0.15, -0.1) is 0 Å². The zero-order chi connectivity index (χ0) is 14.8. The number of rotatable bonds is 3. The molecule has 8 nitrogen and oxygen atoms in total. The van der Waals surface area contributed by atoms with Crippen molar-refractivity contribution < 1.29 is 14.6 Å². The molecular weight excluding hydrogens is 274 g/mol. The Bertz CT molecular complexity index is 784. The number of fused-ring (bicyclic) bond motifs is 1. The summed E-state index contributed by atoms with van der Waals surface area (Å²) in [7, 11) is 0. The zero-order valence-electron chi connectivity index (χ0n) is 10.7. The fraction of sp³-hybridized carbons (Fsp3) is 0.0769. The van der Waals surface area contributed by atoms with Gasteiger partial charge in [-0.1, -0.05) is 0 Å². The van der Waals surface area contributed by atoms with Crippen LogP contribution in [0, 0.1) is 0 Å². The number of carbonyl (C=O) groups is 1. The first-order valence-corrected chi connectivity index (χ1v) is 6.05.